The van der Waals surface area contributed by atoms with Gasteiger partial charge in [0, 0.05) is 19.3 Å². The zero-order valence-electron chi connectivity index (χ0n) is 17.6. The first kappa shape index (κ1) is 20.7. The van der Waals surface area contributed by atoms with Crippen molar-refractivity contribution in [2.75, 3.05) is 19.1 Å². The predicted molar refractivity (Wildman–Crippen MR) is 119 cm³/mol. The van der Waals surface area contributed by atoms with Gasteiger partial charge in [0.1, 0.15) is 17.3 Å². The van der Waals surface area contributed by atoms with E-state index in [1.807, 2.05) is 30.5 Å². The van der Waals surface area contributed by atoms with Crippen LogP contribution in [0, 0.1) is 0 Å². The first-order valence-electron chi connectivity index (χ1n) is 10.2. The van der Waals surface area contributed by atoms with Gasteiger partial charge in [-0.3, -0.25) is 0 Å². The molecule has 0 amide bonds. The van der Waals surface area contributed by atoms with Crippen molar-refractivity contribution in [1.29, 1.82) is 0 Å². The maximum atomic E-state index is 5.29. The molecule has 152 valence electrons. The molecule has 0 saturated heterocycles. The number of anilines is 1. The van der Waals surface area contributed by atoms with E-state index in [0.717, 1.165) is 36.8 Å². The van der Waals surface area contributed by atoms with Crippen molar-refractivity contribution < 1.29 is 9.47 Å². The SMILES string of the molecule is CCCCc1ccnc(N(Cc2ccc(OC)cc2)Cc2ccc(OC)cc2)c1. The van der Waals surface area contributed by atoms with Crippen LogP contribution < -0.4 is 14.4 Å². The van der Waals surface area contributed by atoms with E-state index in [0.29, 0.717) is 0 Å². The van der Waals surface area contributed by atoms with Crippen molar-refractivity contribution in [3.63, 3.8) is 0 Å². The van der Waals surface area contributed by atoms with E-state index in [1.165, 1.54) is 29.5 Å². The van der Waals surface area contributed by atoms with Crippen LogP contribution in [-0.2, 0) is 19.5 Å². The van der Waals surface area contributed by atoms with Gasteiger partial charge in [-0.1, -0.05) is 37.6 Å². The Morgan fingerprint density at radius 2 is 1.31 bits per heavy atom. The molecule has 0 atom stereocenters. The monoisotopic (exact) mass is 390 g/mol. The summed E-state index contributed by atoms with van der Waals surface area (Å²) in [6.07, 6.45) is 5.40. The molecule has 0 unspecified atom stereocenters. The van der Waals surface area contributed by atoms with Gasteiger partial charge < -0.3 is 14.4 Å². The third-order valence-electron chi connectivity index (χ3n) is 5.02. The Balaban J connectivity index is 1.85. The van der Waals surface area contributed by atoms with E-state index < -0.39 is 0 Å². The molecular formula is C25H30N2O2. The summed E-state index contributed by atoms with van der Waals surface area (Å²) in [4.78, 5) is 7.00. The van der Waals surface area contributed by atoms with Crippen LogP contribution in [0.4, 0.5) is 5.82 Å². The largest absolute Gasteiger partial charge is 0.497 e. The lowest BCUT2D eigenvalue weighted by atomic mass is 10.1. The molecule has 0 bridgehead atoms. The summed E-state index contributed by atoms with van der Waals surface area (Å²) in [5.41, 5.74) is 3.78. The summed E-state index contributed by atoms with van der Waals surface area (Å²) in [7, 11) is 3.38. The number of pyridine rings is 1. The van der Waals surface area contributed by atoms with Crippen LogP contribution in [0.3, 0.4) is 0 Å². The standard InChI is InChI=1S/C25H30N2O2/c1-4-5-6-20-15-16-26-25(17-20)27(18-21-7-11-23(28-2)12-8-21)19-22-9-13-24(29-3)14-10-22/h7-17H,4-6,18-19H2,1-3H3. The summed E-state index contributed by atoms with van der Waals surface area (Å²) < 4.78 is 10.6. The summed E-state index contributed by atoms with van der Waals surface area (Å²) in [5.74, 6) is 2.75. The predicted octanol–water partition coefficient (Wildman–Crippen LogP) is 5.65. The lowest BCUT2D eigenvalue weighted by Crippen LogP contribution is -2.23. The van der Waals surface area contributed by atoms with Crippen LogP contribution >= 0.6 is 0 Å². The third-order valence-corrected chi connectivity index (χ3v) is 5.02. The first-order valence-corrected chi connectivity index (χ1v) is 10.2. The van der Waals surface area contributed by atoms with Crippen molar-refractivity contribution in [3.8, 4) is 11.5 Å². The number of hydrogen-bond acceptors (Lipinski definition) is 4. The molecule has 29 heavy (non-hydrogen) atoms. The second kappa shape index (κ2) is 10.5. The van der Waals surface area contributed by atoms with Crippen molar-refractivity contribution in [1.82, 2.24) is 4.98 Å². The normalized spacial score (nSPS) is 10.6. The van der Waals surface area contributed by atoms with Crippen LogP contribution in [0.15, 0.2) is 66.9 Å². The molecule has 0 aliphatic heterocycles. The highest BCUT2D eigenvalue weighted by molar-refractivity contribution is 5.44. The molecule has 0 N–H and O–H groups in total. The Hall–Kier alpha value is -3.01. The van der Waals surface area contributed by atoms with Crippen LogP contribution in [0.2, 0.25) is 0 Å². The van der Waals surface area contributed by atoms with Crippen molar-refractivity contribution >= 4 is 5.82 Å². The number of benzene rings is 2. The second-order valence-electron chi connectivity index (χ2n) is 7.18. The summed E-state index contributed by atoms with van der Waals surface area (Å²) >= 11 is 0. The van der Waals surface area contributed by atoms with E-state index in [-0.39, 0.29) is 0 Å². The van der Waals surface area contributed by atoms with Crippen LogP contribution in [0.5, 0.6) is 11.5 Å². The zero-order chi connectivity index (χ0) is 20.5. The molecule has 0 spiro atoms. The number of unbranched alkanes of at least 4 members (excludes halogenated alkanes) is 1. The fourth-order valence-corrected chi connectivity index (χ4v) is 3.29. The lowest BCUT2D eigenvalue weighted by Gasteiger charge is -2.25. The Morgan fingerprint density at radius 1 is 0.759 bits per heavy atom. The smallest absolute Gasteiger partial charge is 0.129 e. The highest BCUT2D eigenvalue weighted by Gasteiger charge is 2.11. The molecule has 0 aliphatic carbocycles. The first-order chi connectivity index (χ1) is 14.2. The van der Waals surface area contributed by atoms with E-state index in [1.54, 1.807) is 14.2 Å². The third kappa shape index (κ3) is 5.98. The average Bonchev–Trinajstić information content (AvgIpc) is 2.78. The number of aryl methyl sites for hydroxylation is 1. The topological polar surface area (TPSA) is 34.6 Å². The maximum absolute atomic E-state index is 5.29. The van der Waals surface area contributed by atoms with E-state index in [2.05, 4.69) is 53.2 Å². The van der Waals surface area contributed by atoms with Crippen LogP contribution in [0.25, 0.3) is 0 Å². The molecule has 1 heterocycles. The Kier molecular flexibility index (Phi) is 7.51. The highest BCUT2D eigenvalue weighted by atomic mass is 16.5. The molecule has 0 aliphatic rings. The summed E-state index contributed by atoms with van der Waals surface area (Å²) in [6, 6.07) is 20.8. The fourth-order valence-electron chi connectivity index (χ4n) is 3.29. The number of rotatable bonds is 10. The van der Waals surface area contributed by atoms with Gasteiger partial charge >= 0.3 is 0 Å². The summed E-state index contributed by atoms with van der Waals surface area (Å²) in [6.45, 7) is 3.78. The van der Waals surface area contributed by atoms with Gasteiger partial charge in [-0.2, -0.15) is 0 Å². The molecule has 2 aromatic carbocycles. The van der Waals surface area contributed by atoms with Gasteiger partial charge in [0.05, 0.1) is 14.2 Å². The summed E-state index contributed by atoms with van der Waals surface area (Å²) in [5, 5.41) is 0. The molecule has 0 saturated carbocycles. The van der Waals surface area contributed by atoms with Crippen molar-refractivity contribution in [3.05, 3.63) is 83.6 Å². The second-order valence-corrected chi connectivity index (χ2v) is 7.18. The Bertz CT molecular complexity index is 827. The maximum Gasteiger partial charge on any atom is 0.129 e. The molecule has 0 radical (unpaired) electrons. The van der Waals surface area contributed by atoms with Crippen LogP contribution in [-0.4, -0.2) is 19.2 Å². The van der Waals surface area contributed by atoms with Crippen molar-refractivity contribution in [2.24, 2.45) is 0 Å². The van der Waals surface area contributed by atoms with Gasteiger partial charge in [0.25, 0.3) is 0 Å². The Morgan fingerprint density at radius 3 is 1.79 bits per heavy atom. The van der Waals surface area contributed by atoms with Gasteiger partial charge in [-0.25, -0.2) is 4.98 Å². The molecule has 3 rings (SSSR count). The zero-order valence-corrected chi connectivity index (χ0v) is 17.6. The van der Waals surface area contributed by atoms with Gasteiger partial charge in [-0.15, -0.1) is 0 Å². The number of nitrogens with zero attached hydrogens (tertiary/aromatic N) is 2. The molecule has 4 heteroatoms. The number of ether oxygens (including phenoxy) is 2. The van der Waals surface area contributed by atoms with E-state index >= 15 is 0 Å². The van der Waals surface area contributed by atoms with Gasteiger partial charge in [0.15, 0.2) is 0 Å². The van der Waals surface area contributed by atoms with E-state index in [9.17, 15) is 0 Å². The quantitative estimate of drug-likeness (QED) is 0.448. The molecule has 3 aromatic rings. The number of methoxy groups -OCH3 is 2. The van der Waals surface area contributed by atoms with Crippen molar-refractivity contribution in [2.45, 2.75) is 39.3 Å². The lowest BCUT2D eigenvalue weighted by molar-refractivity contribution is 0.414. The molecular weight excluding hydrogens is 360 g/mol. The Labute approximate surface area is 174 Å². The molecule has 4 nitrogen and oxygen atoms in total. The minimum Gasteiger partial charge on any atom is -0.497 e. The number of aromatic nitrogens is 1. The van der Waals surface area contributed by atoms with Gasteiger partial charge in [-0.05, 0) is 65.9 Å². The minimum absolute atomic E-state index is 0.778. The fraction of sp³-hybridized carbons (Fsp3) is 0.320. The molecule has 1 aromatic heterocycles. The number of hydrogen-bond donors (Lipinski definition) is 0. The minimum atomic E-state index is 0.778. The molecule has 0 fully saturated rings. The highest BCUT2D eigenvalue weighted by Crippen LogP contribution is 2.22. The van der Waals surface area contributed by atoms with Crippen LogP contribution in [0.1, 0.15) is 36.5 Å². The van der Waals surface area contributed by atoms with Gasteiger partial charge in [0.2, 0.25) is 0 Å². The average molecular weight is 391 g/mol. The van der Waals surface area contributed by atoms with E-state index in [4.69, 9.17) is 9.47 Å².